The van der Waals surface area contributed by atoms with E-state index in [9.17, 15) is 14.0 Å². The fraction of sp³-hybridized carbons (Fsp3) is 0.385. The van der Waals surface area contributed by atoms with Crippen molar-refractivity contribution in [3.05, 3.63) is 34.6 Å². The number of carboxylic acid groups (broad SMARTS) is 1. The Kier molecular flexibility index (Phi) is 3.75. The molecule has 0 saturated heterocycles. The SMILES string of the molecule is CN(CC(=O)O)C(=O)[C@H]1C[C@@H]1c1c(F)cccc1Cl. The lowest BCUT2D eigenvalue weighted by molar-refractivity contribution is -0.144. The fourth-order valence-electron chi connectivity index (χ4n) is 2.22. The van der Waals surface area contributed by atoms with Gasteiger partial charge in [-0.3, -0.25) is 9.59 Å². The summed E-state index contributed by atoms with van der Waals surface area (Å²) in [5, 5.41) is 8.94. The maximum atomic E-state index is 13.7. The van der Waals surface area contributed by atoms with Crippen molar-refractivity contribution in [2.45, 2.75) is 12.3 Å². The molecule has 0 aromatic heterocycles. The molecule has 1 amide bonds. The molecule has 2 atom stereocenters. The van der Waals surface area contributed by atoms with Crippen molar-refractivity contribution in [2.75, 3.05) is 13.6 Å². The fourth-order valence-corrected chi connectivity index (χ4v) is 2.52. The van der Waals surface area contributed by atoms with Gasteiger partial charge in [-0.1, -0.05) is 17.7 Å². The summed E-state index contributed by atoms with van der Waals surface area (Å²) in [6, 6.07) is 4.40. The van der Waals surface area contributed by atoms with Gasteiger partial charge in [0.05, 0.1) is 0 Å². The summed E-state index contributed by atoms with van der Waals surface area (Å²) in [5.74, 6) is -2.41. The Morgan fingerprint density at radius 1 is 1.53 bits per heavy atom. The maximum Gasteiger partial charge on any atom is 0.323 e. The highest BCUT2D eigenvalue weighted by molar-refractivity contribution is 6.31. The number of aliphatic carboxylic acids is 1. The van der Waals surface area contributed by atoms with E-state index in [0.29, 0.717) is 17.0 Å². The van der Waals surface area contributed by atoms with Crippen LogP contribution in [-0.2, 0) is 9.59 Å². The van der Waals surface area contributed by atoms with Gasteiger partial charge in [0.1, 0.15) is 12.4 Å². The zero-order chi connectivity index (χ0) is 14.2. The predicted molar refractivity (Wildman–Crippen MR) is 67.5 cm³/mol. The third kappa shape index (κ3) is 2.87. The van der Waals surface area contributed by atoms with Gasteiger partial charge in [0.25, 0.3) is 0 Å². The predicted octanol–water partition coefficient (Wildman–Crippen LogP) is 2.13. The Balaban J connectivity index is 2.09. The maximum absolute atomic E-state index is 13.7. The van der Waals surface area contributed by atoms with Gasteiger partial charge in [-0.15, -0.1) is 0 Å². The molecule has 1 aromatic rings. The monoisotopic (exact) mass is 285 g/mol. The Labute approximate surface area is 114 Å². The van der Waals surface area contributed by atoms with E-state index in [0.717, 1.165) is 4.90 Å². The van der Waals surface area contributed by atoms with Crippen LogP contribution in [-0.4, -0.2) is 35.5 Å². The standard InChI is InChI=1S/C13H13ClFNO3/c1-16(6-11(17)18)13(19)8-5-7(8)12-9(14)3-2-4-10(12)15/h2-4,7-8H,5-6H2,1H3,(H,17,18)/t7-,8-/m0/s1. The zero-order valence-corrected chi connectivity index (χ0v) is 11.0. The first-order valence-electron chi connectivity index (χ1n) is 5.82. The Bertz CT molecular complexity index is 514. The van der Waals surface area contributed by atoms with Crippen LogP contribution in [0.3, 0.4) is 0 Å². The number of rotatable bonds is 4. The quantitative estimate of drug-likeness (QED) is 0.922. The minimum absolute atomic E-state index is 0.252. The highest BCUT2D eigenvalue weighted by Gasteiger charge is 2.47. The average molecular weight is 286 g/mol. The molecular formula is C13H13ClFNO3. The van der Waals surface area contributed by atoms with E-state index in [2.05, 4.69) is 0 Å². The van der Waals surface area contributed by atoms with E-state index < -0.39 is 11.8 Å². The first kappa shape index (κ1) is 13.8. The van der Waals surface area contributed by atoms with Crippen LogP contribution in [0.5, 0.6) is 0 Å². The second kappa shape index (κ2) is 5.17. The molecule has 102 valence electrons. The third-order valence-corrected chi connectivity index (χ3v) is 3.56. The van der Waals surface area contributed by atoms with Crippen molar-refractivity contribution in [2.24, 2.45) is 5.92 Å². The van der Waals surface area contributed by atoms with Crippen LogP contribution in [0, 0.1) is 11.7 Å². The molecule has 1 fully saturated rings. The first-order valence-corrected chi connectivity index (χ1v) is 6.20. The summed E-state index contributed by atoms with van der Waals surface area (Å²) < 4.78 is 13.7. The normalized spacial score (nSPS) is 21.0. The molecule has 1 aliphatic rings. The first-order chi connectivity index (χ1) is 8.91. The number of benzene rings is 1. The number of hydrogen-bond donors (Lipinski definition) is 1. The van der Waals surface area contributed by atoms with Crippen LogP contribution in [0.25, 0.3) is 0 Å². The van der Waals surface area contributed by atoms with Crippen molar-refractivity contribution in [1.82, 2.24) is 4.90 Å². The van der Waals surface area contributed by atoms with Gasteiger partial charge < -0.3 is 10.0 Å². The molecule has 6 heteroatoms. The number of hydrogen-bond acceptors (Lipinski definition) is 2. The number of likely N-dealkylation sites (N-methyl/N-ethyl adjacent to an activating group) is 1. The number of amides is 1. The van der Waals surface area contributed by atoms with Crippen LogP contribution >= 0.6 is 11.6 Å². The zero-order valence-electron chi connectivity index (χ0n) is 10.3. The Morgan fingerprint density at radius 3 is 2.79 bits per heavy atom. The molecule has 0 heterocycles. The summed E-state index contributed by atoms with van der Waals surface area (Å²) in [7, 11) is 1.43. The second-order valence-corrected chi connectivity index (χ2v) is 5.08. The molecular weight excluding hydrogens is 273 g/mol. The van der Waals surface area contributed by atoms with E-state index in [1.165, 1.54) is 19.2 Å². The van der Waals surface area contributed by atoms with Gasteiger partial charge in [0.2, 0.25) is 5.91 Å². The largest absolute Gasteiger partial charge is 0.480 e. The van der Waals surface area contributed by atoms with Crippen molar-refractivity contribution in [1.29, 1.82) is 0 Å². The molecule has 1 aromatic carbocycles. The number of halogens is 2. The van der Waals surface area contributed by atoms with E-state index in [1.54, 1.807) is 6.07 Å². The molecule has 1 saturated carbocycles. The molecule has 19 heavy (non-hydrogen) atoms. The number of nitrogens with zero attached hydrogens (tertiary/aromatic N) is 1. The van der Waals surface area contributed by atoms with E-state index >= 15 is 0 Å². The van der Waals surface area contributed by atoms with Crippen LogP contribution in [0.2, 0.25) is 5.02 Å². The summed E-state index contributed by atoms with van der Waals surface area (Å²) >= 11 is 5.94. The minimum Gasteiger partial charge on any atom is -0.480 e. The van der Waals surface area contributed by atoms with Gasteiger partial charge in [0.15, 0.2) is 0 Å². The third-order valence-electron chi connectivity index (χ3n) is 3.23. The molecule has 0 aliphatic heterocycles. The highest BCUT2D eigenvalue weighted by Crippen LogP contribution is 2.51. The number of carbonyl (C=O) groups excluding carboxylic acids is 1. The van der Waals surface area contributed by atoms with Crippen LogP contribution in [0.4, 0.5) is 4.39 Å². The van der Waals surface area contributed by atoms with E-state index in [4.69, 9.17) is 16.7 Å². The minimum atomic E-state index is -1.07. The Hall–Kier alpha value is -1.62. The molecule has 1 N–H and O–H groups in total. The van der Waals surface area contributed by atoms with Crippen LogP contribution < -0.4 is 0 Å². The molecule has 4 nitrogen and oxygen atoms in total. The molecule has 0 radical (unpaired) electrons. The van der Waals surface area contributed by atoms with Gasteiger partial charge in [-0.2, -0.15) is 0 Å². The lowest BCUT2D eigenvalue weighted by Crippen LogP contribution is -2.33. The van der Waals surface area contributed by atoms with Crippen molar-refractivity contribution in [3.8, 4) is 0 Å². The van der Waals surface area contributed by atoms with Gasteiger partial charge in [-0.25, -0.2) is 4.39 Å². The van der Waals surface area contributed by atoms with E-state index in [-0.39, 0.29) is 24.3 Å². The highest BCUT2D eigenvalue weighted by atomic mass is 35.5. The lowest BCUT2D eigenvalue weighted by Gasteiger charge is -2.14. The molecule has 2 rings (SSSR count). The van der Waals surface area contributed by atoms with Gasteiger partial charge in [0, 0.05) is 29.5 Å². The van der Waals surface area contributed by atoms with Crippen LogP contribution in [0.1, 0.15) is 17.9 Å². The summed E-state index contributed by atoms with van der Waals surface area (Å²) in [5.41, 5.74) is 0.353. The number of carbonyl (C=O) groups is 2. The van der Waals surface area contributed by atoms with Crippen LogP contribution in [0.15, 0.2) is 18.2 Å². The van der Waals surface area contributed by atoms with Crippen molar-refractivity contribution >= 4 is 23.5 Å². The smallest absolute Gasteiger partial charge is 0.323 e. The molecule has 0 spiro atoms. The van der Waals surface area contributed by atoms with Gasteiger partial charge >= 0.3 is 5.97 Å². The summed E-state index contributed by atoms with van der Waals surface area (Å²) in [6.07, 6.45) is 0.503. The van der Waals surface area contributed by atoms with Gasteiger partial charge in [-0.05, 0) is 18.6 Å². The summed E-state index contributed by atoms with van der Waals surface area (Å²) in [6.45, 7) is -0.354. The topological polar surface area (TPSA) is 57.6 Å². The van der Waals surface area contributed by atoms with E-state index in [1.807, 2.05) is 0 Å². The summed E-state index contributed by atoms with van der Waals surface area (Å²) in [4.78, 5) is 23.6. The lowest BCUT2D eigenvalue weighted by atomic mass is 10.1. The molecule has 1 aliphatic carbocycles. The average Bonchev–Trinajstić information content (AvgIpc) is 3.07. The second-order valence-electron chi connectivity index (χ2n) is 4.67. The number of carboxylic acids is 1. The molecule has 0 unspecified atom stereocenters. The van der Waals surface area contributed by atoms with Crippen molar-refractivity contribution in [3.63, 3.8) is 0 Å². The molecule has 0 bridgehead atoms. The van der Waals surface area contributed by atoms with Crippen molar-refractivity contribution < 1.29 is 19.1 Å². The Morgan fingerprint density at radius 2 is 2.21 bits per heavy atom.